The van der Waals surface area contributed by atoms with E-state index in [1.807, 2.05) is 45.0 Å². The average molecular weight is 246 g/mol. The van der Waals surface area contributed by atoms with Crippen molar-refractivity contribution in [1.29, 1.82) is 0 Å². The van der Waals surface area contributed by atoms with Gasteiger partial charge in [-0.2, -0.15) is 0 Å². The minimum Gasteiger partial charge on any atom is -0.279 e. The van der Waals surface area contributed by atoms with Gasteiger partial charge in [-0.1, -0.05) is 32.0 Å². The second kappa shape index (κ2) is 6.77. The number of para-hydroxylation sites is 1. The molecule has 2 aromatic rings. The number of hydrogen-bond acceptors (Lipinski definition) is 2. The van der Waals surface area contributed by atoms with Crippen molar-refractivity contribution < 1.29 is 4.39 Å². The van der Waals surface area contributed by atoms with E-state index >= 15 is 0 Å². The van der Waals surface area contributed by atoms with Crippen LogP contribution in [0.1, 0.15) is 19.4 Å². The van der Waals surface area contributed by atoms with Gasteiger partial charge in [0.25, 0.3) is 0 Å². The quantitative estimate of drug-likeness (QED) is 0.636. The summed E-state index contributed by atoms with van der Waals surface area (Å²) >= 11 is 0. The molecular formula is C15H19FN2. The van der Waals surface area contributed by atoms with Gasteiger partial charge in [-0.15, -0.1) is 0 Å². The molecule has 0 bridgehead atoms. The molecule has 0 fully saturated rings. The van der Waals surface area contributed by atoms with Crippen LogP contribution in [0.3, 0.4) is 0 Å². The highest BCUT2D eigenvalue weighted by Crippen LogP contribution is 2.24. The Labute approximate surface area is 108 Å². The van der Waals surface area contributed by atoms with Crippen molar-refractivity contribution in [3.8, 4) is 0 Å². The van der Waals surface area contributed by atoms with E-state index in [2.05, 4.69) is 0 Å². The number of rotatable bonds is 2. The Bertz CT molecular complexity index is 480. The lowest BCUT2D eigenvalue weighted by Crippen LogP contribution is -2.25. The molecular weight excluding hydrogens is 227 g/mol. The van der Waals surface area contributed by atoms with E-state index in [0.29, 0.717) is 0 Å². The maximum absolute atomic E-state index is 12.8. The number of hydrogen-bond donors (Lipinski definition) is 1. The highest BCUT2D eigenvalue weighted by Gasteiger charge is 2.06. The summed E-state index contributed by atoms with van der Waals surface area (Å²) in [5.74, 6) is 5.72. The molecule has 0 saturated heterocycles. The normalized spacial score (nSPS) is 9.39. The Kier molecular flexibility index (Phi) is 5.33. The molecule has 0 aromatic heterocycles. The number of nitrogens with zero attached hydrogens (tertiary/aromatic N) is 1. The topological polar surface area (TPSA) is 29.3 Å². The van der Waals surface area contributed by atoms with E-state index in [9.17, 15) is 4.39 Å². The van der Waals surface area contributed by atoms with Crippen molar-refractivity contribution in [3.05, 3.63) is 59.9 Å². The van der Waals surface area contributed by atoms with Crippen LogP contribution in [0.4, 0.5) is 15.8 Å². The second-order valence-corrected chi connectivity index (χ2v) is 3.63. The van der Waals surface area contributed by atoms with E-state index in [1.54, 1.807) is 17.1 Å². The third-order valence-corrected chi connectivity index (χ3v) is 2.48. The van der Waals surface area contributed by atoms with Crippen molar-refractivity contribution in [3.63, 3.8) is 0 Å². The molecule has 0 unspecified atom stereocenters. The molecule has 2 nitrogen and oxygen atoms in total. The summed E-state index contributed by atoms with van der Waals surface area (Å²) in [4.78, 5) is 0. The Morgan fingerprint density at radius 1 is 0.944 bits per heavy atom. The molecule has 2 aromatic carbocycles. The van der Waals surface area contributed by atoms with Gasteiger partial charge in [-0.3, -0.25) is 5.01 Å². The molecule has 0 saturated carbocycles. The average Bonchev–Trinajstić information content (AvgIpc) is 2.42. The van der Waals surface area contributed by atoms with Crippen LogP contribution in [0.2, 0.25) is 0 Å². The van der Waals surface area contributed by atoms with Gasteiger partial charge in [0.1, 0.15) is 5.82 Å². The zero-order valence-electron chi connectivity index (χ0n) is 11.0. The predicted octanol–water partition coefficient (Wildman–Crippen LogP) is 4.17. The minimum absolute atomic E-state index is 0.262. The standard InChI is InChI=1S/C13H13FN2.C2H6/c1-10-4-2-3-5-13(10)16(15)12-8-6-11(14)7-9-12;1-2/h2-9H,15H2,1H3;1-2H3. The predicted molar refractivity (Wildman–Crippen MR) is 75.3 cm³/mol. The summed E-state index contributed by atoms with van der Waals surface area (Å²) in [6, 6.07) is 13.9. The Morgan fingerprint density at radius 3 is 2.06 bits per heavy atom. The zero-order chi connectivity index (χ0) is 13.5. The van der Waals surface area contributed by atoms with Gasteiger partial charge in [0.05, 0.1) is 11.4 Å². The summed E-state index contributed by atoms with van der Waals surface area (Å²) < 4.78 is 12.8. The highest BCUT2D eigenvalue weighted by molar-refractivity contribution is 5.64. The lowest BCUT2D eigenvalue weighted by molar-refractivity contribution is 0.628. The Hall–Kier alpha value is -1.87. The molecule has 0 heterocycles. The molecule has 0 atom stereocenters. The van der Waals surface area contributed by atoms with Crippen LogP contribution in [0.5, 0.6) is 0 Å². The van der Waals surface area contributed by atoms with Crippen molar-refractivity contribution in [1.82, 2.24) is 0 Å². The molecule has 0 aliphatic rings. The summed E-state index contributed by atoms with van der Waals surface area (Å²) in [7, 11) is 0. The first-order chi connectivity index (χ1) is 8.68. The van der Waals surface area contributed by atoms with Crippen LogP contribution in [0.25, 0.3) is 0 Å². The summed E-state index contributed by atoms with van der Waals surface area (Å²) in [5.41, 5.74) is 2.75. The van der Waals surface area contributed by atoms with Crippen LogP contribution in [0.15, 0.2) is 48.5 Å². The van der Waals surface area contributed by atoms with Gasteiger partial charge >= 0.3 is 0 Å². The fraction of sp³-hybridized carbons (Fsp3) is 0.200. The SMILES string of the molecule is CC.Cc1ccccc1N(N)c1ccc(F)cc1. The first-order valence-electron chi connectivity index (χ1n) is 6.04. The number of aryl methyl sites for hydroxylation is 1. The van der Waals surface area contributed by atoms with Crippen LogP contribution in [-0.2, 0) is 0 Å². The van der Waals surface area contributed by atoms with Crippen molar-refractivity contribution in [2.45, 2.75) is 20.8 Å². The lowest BCUT2D eigenvalue weighted by atomic mass is 10.2. The summed E-state index contributed by atoms with van der Waals surface area (Å²) in [6.45, 7) is 5.98. The first kappa shape index (κ1) is 14.2. The molecule has 2 rings (SSSR count). The summed E-state index contributed by atoms with van der Waals surface area (Å²) in [5, 5.41) is 1.55. The molecule has 3 heteroatoms. The van der Waals surface area contributed by atoms with Crippen LogP contribution < -0.4 is 10.9 Å². The van der Waals surface area contributed by atoms with E-state index < -0.39 is 0 Å². The number of nitrogens with two attached hydrogens (primary N) is 1. The van der Waals surface area contributed by atoms with E-state index in [4.69, 9.17) is 5.84 Å². The smallest absolute Gasteiger partial charge is 0.123 e. The highest BCUT2D eigenvalue weighted by atomic mass is 19.1. The van der Waals surface area contributed by atoms with E-state index in [1.165, 1.54) is 12.1 Å². The van der Waals surface area contributed by atoms with Gasteiger partial charge in [-0.05, 0) is 42.8 Å². The largest absolute Gasteiger partial charge is 0.279 e. The van der Waals surface area contributed by atoms with Gasteiger partial charge in [0, 0.05) is 0 Å². The monoisotopic (exact) mass is 246 g/mol. The number of anilines is 2. The van der Waals surface area contributed by atoms with Crippen LogP contribution >= 0.6 is 0 Å². The molecule has 2 N–H and O–H groups in total. The number of halogens is 1. The van der Waals surface area contributed by atoms with Gasteiger partial charge in [-0.25, -0.2) is 10.2 Å². The van der Waals surface area contributed by atoms with Crippen LogP contribution in [-0.4, -0.2) is 0 Å². The third-order valence-electron chi connectivity index (χ3n) is 2.48. The molecule has 0 radical (unpaired) electrons. The maximum Gasteiger partial charge on any atom is 0.123 e. The fourth-order valence-corrected chi connectivity index (χ4v) is 1.57. The molecule has 18 heavy (non-hydrogen) atoms. The number of benzene rings is 2. The molecule has 0 aliphatic carbocycles. The fourth-order valence-electron chi connectivity index (χ4n) is 1.57. The van der Waals surface area contributed by atoms with Gasteiger partial charge in [0.2, 0.25) is 0 Å². The first-order valence-corrected chi connectivity index (χ1v) is 6.04. The van der Waals surface area contributed by atoms with E-state index in [-0.39, 0.29) is 5.82 Å². The molecule has 0 amide bonds. The van der Waals surface area contributed by atoms with Crippen LogP contribution in [0, 0.1) is 12.7 Å². The number of hydrazine groups is 1. The molecule has 0 spiro atoms. The van der Waals surface area contributed by atoms with Gasteiger partial charge in [0.15, 0.2) is 0 Å². The van der Waals surface area contributed by atoms with Crippen molar-refractivity contribution in [2.24, 2.45) is 5.84 Å². The van der Waals surface area contributed by atoms with Crippen molar-refractivity contribution >= 4 is 11.4 Å². The summed E-state index contributed by atoms with van der Waals surface area (Å²) in [6.07, 6.45) is 0. The Balaban J connectivity index is 0.000000771. The lowest BCUT2D eigenvalue weighted by Gasteiger charge is -2.20. The maximum atomic E-state index is 12.8. The Morgan fingerprint density at radius 2 is 1.50 bits per heavy atom. The zero-order valence-corrected chi connectivity index (χ0v) is 11.0. The van der Waals surface area contributed by atoms with E-state index in [0.717, 1.165) is 16.9 Å². The van der Waals surface area contributed by atoms with Crippen molar-refractivity contribution in [2.75, 3.05) is 5.01 Å². The second-order valence-electron chi connectivity index (χ2n) is 3.63. The van der Waals surface area contributed by atoms with Gasteiger partial charge < -0.3 is 0 Å². The minimum atomic E-state index is -0.262. The molecule has 0 aliphatic heterocycles. The third kappa shape index (κ3) is 3.31. The molecule has 96 valence electrons.